The average molecular weight is 545 g/mol. The number of rotatable bonds is 10. The molecule has 0 aliphatic heterocycles. The Balaban J connectivity index is 2.08. The first kappa shape index (κ1) is 25.6. The summed E-state index contributed by atoms with van der Waals surface area (Å²) in [5, 5.41) is 29.4. The van der Waals surface area contributed by atoms with E-state index in [1.165, 1.54) is 18.2 Å². The lowest BCUT2D eigenvalue weighted by atomic mass is 9.93. The second-order valence-corrected chi connectivity index (χ2v) is 9.72. The number of nitrogens with two attached hydrogens (primary N) is 1. The van der Waals surface area contributed by atoms with Crippen LogP contribution in [0, 0.1) is 0 Å². The van der Waals surface area contributed by atoms with Gasteiger partial charge >= 0.3 is 6.09 Å². The first-order valence-electron chi connectivity index (χ1n) is 9.51. The molecule has 0 saturated heterocycles. The fraction of sp³-hybridized carbons (Fsp3) is 0.105. The van der Waals surface area contributed by atoms with Gasteiger partial charge in [-0.15, -0.1) is 8.67 Å². The Labute approximate surface area is 205 Å². The van der Waals surface area contributed by atoms with E-state index in [2.05, 4.69) is 24.1 Å². The van der Waals surface area contributed by atoms with Crippen molar-refractivity contribution in [1.82, 2.24) is 5.32 Å². The number of hydrogen-bond acceptors (Lipinski definition) is 13. The SMILES string of the molecule is NCCNC(=O)Oc1cc(SOOO)c2ccc3c(SOOO)cc(S(=O)(=O)O)c4ccc1c2c34. The fourth-order valence-corrected chi connectivity index (χ4v) is 5.55. The van der Waals surface area contributed by atoms with Crippen LogP contribution >= 0.6 is 24.1 Å². The summed E-state index contributed by atoms with van der Waals surface area (Å²) in [4.78, 5) is 12.3. The number of carbonyl (C=O) groups is 1. The minimum atomic E-state index is -4.70. The highest BCUT2D eigenvalue weighted by Crippen LogP contribution is 2.47. The second-order valence-electron chi connectivity index (χ2n) is 6.85. The number of carbonyl (C=O) groups excluding carboxylic acids is 1. The van der Waals surface area contributed by atoms with Gasteiger partial charge in [-0.1, -0.05) is 28.3 Å². The number of nitrogens with one attached hydrogen (secondary N) is 1. The molecule has 0 fully saturated rings. The molecule has 0 bridgehead atoms. The molecule has 6 N–H and O–H groups in total. The molecule has 4 aromatic carbocycles. The van der Waals surface area contributed by atoms with Crippen LogP contribution in [0.3, 0.4) is 0 Å². The Morgan fingerprint density at radius 3 is 2.03 bits per heavy atom. The number of amides is 1. The smallest absolute Gasteiger partial charge is 0.410 e. The lowest BCUT2D eigenvalue weighted by molar-refractivity contribution is -0.432. The molecule has 16 heteroatoms. The summed E-state index contributed by atoms with van der Waals surface area (Å²) in [6, 6.07) is 8.92. The molecule has 0 atom stereocenters. The summed E-state index contributed by atoms with van der Waals surface area (Å²) in [6.07, 6.45) is -0.788. The van der Waals surface area contributed by atoms with E-state index in [4.69, 9.17) is 21.0 Å². The molecule has 0 aromatic heterocycles. The highest BCUT2D eigenvalue weighted by molar-refractivity contribution is 7.95. The predicted octanol–water partition coefficient (Wildman–Crippen LogP) is 3.73. The largest absolute Gasteiger partial charge is 0.412 e. The molecular weight excluding hydrogens is 528 g/mol. The van der Waals surface area contributed by atoms with Crippen LogP contribution < -0.4 is 15.8 Å². The van der Waals surface area contributed by atoms with Crippen molar-refractivity contribution in [2.24, 2.45) is 5.73 Å². The van der Waals surface area contributed by atoms with Gasteiger partial charge in [0.05, 0.1) is 29.0 Å². The minimum absolute atomic E-state index is 0.0758. The first-order valence-corrected chi connectivity index (χ1v) is 12.4. The molecule has 0 unspecified atom stereocenters. The molecule has 0 aliphatic rings. The summed E-state index contributed by atoms with van der Waals surface area (Å²) in [7, 11) is -4.70. The van der Waals surface area contributed by atoms with E-state index in [0.717, 1.165) is 6.07 Å². The van der Waals surface area contributed by atoms with Crippen LogP contribution in [0.25, 0.3) is 32.3 Å². The van der Waals surface area contributed by atoms with Crippen LogP contribution in [0.15, 0.2) is 51.1 Å². The normalized spacial score (nSPS) is 12.1. The Morgan fingerprint density at radius 1 is 0.914 bits per heavy atom. The Hall–Kier alpha value is -2.48. The quantitative estimate of drug-likeness (QED) is 0.0636. The van der Waals surface area contributed by atoms with E-state index in [1.54, 1.807) is 12.1 Å². The third kappa shape index (κ3) is 5.08. The van der Waals surface area contributed by atoms with E-state index in [9.17, 15) is 17.8 Å². The second kappa shape index (κ2) is 10.6. The molecule has 0 spiro atoms. The van der Waals surface area contributed by atoms with Crippen LogP contribution in [0.2, 0.25) is 0 Å². The molecule has 1 amide bonds. The Kier molecular flexibility index (Phi) is 7.79. The van der Waals surface area contributed by atoms with E-state index >= 15 is 0 Å². The molecule has 0 aliphatic carbocycles. The fourth-order valence-electron chi connectivity index (χ4n) is 3.72. The molecule has 35 heavy (non-hydrogen) atoms. The zero-order valence-corrected chi connectivity index (χ0v) is 19.7. The highest BCUT2D eigenvalue weighted by atomic mass is 32.2. The zero-order valence-electron chi connectivity index (χ0n) is 17.3. The molecule has 0 heterocycles. The van der Waals surface area contributed by atoms with Crippen molar-refractivity contribution < 1.29 is 51.8 Å². The molecule has 4 rings (SSSR count). The maximum atomic E-state index is 12.3. The van der Waals surface area contributed by atoms with Gasteiger partial charge in [0.1, 0.15) is 10.6 Å². The van der Waals surface area contributed by atoms with Crippen molar-refractivity contribution in [3.63, 3.8) is 0 Å². The standard InChI is InChI=1S/C19H16N2O11S3/c20-5-6-21-19(22)28-13-7-14(33-31-29-23)10-2-3-11-15(34-32-30-24)8-16(35(25,26)27)12-4-1-9(13)17(10)18(11)12/h1-4,7-8,23-24H,5-6,20H2,(H,21,22)(H,25,26,27). The molecule has 186 valence electrons. The number of ether oxygens (including phenoxy) is 1. The van der Waals surface area contributed by atoms with Gasteiger partial charge < -0.3 is 15.8 Å². The average Bonchev–Trinajstić information content (AvgIpc) is 2.83. The monoisotopic (exact) mass is 544 g/mol. The molecule has 0 radical (unpaired) electrons. The minimum Gasteiger partial charge on any atom is -0.410 e. The first-order chi connectivity index (χ1) is 16.8. The van der Waals surface area contributed by atoms with Gasteiger partial charge in [0.2, 0.25) is 0 Å². The van der Waals surface area contributed by atoms with Crippen molar-refractivity contribution in [2.75, 3.05) is 13.1 Å². The summed E-state index contributed by atoms with van der Waals surface area (Å²) in [5.74, 6) is 0.0758. The lowest BCUT2D eigenvalue weighted by Crippen LogP contribution is -2.31. The van der Waals surface area contributed by atoms with Gasteiger partial charge in [0, 0.05) is 39.5 Å². The zero-order chi connectivity index (χ0) is 25.2. The van der Waals surface area contributed by atoms with Gasteiger partial charge in [-0.3, -0.25) is 4.55 Å². The Bertz CT molecular complexity index is 1500. The van der Waals surface area contributed by atoms with Crippen molar-refractivity contribution >= 4 is 72.6 Å². The number of hydrogen-bond donors (Lipinski definition) is 5. The lowest BCUT2D eigenvalue weighted by Gasteiger charge is -2.18. The summed E-state index contributed by atoms with van der Waals surface area (Å²) >= 11 is 1.11. The summed E-state index contributed by atoms with van der Waals surface area (Å²) in [5.41, 5.74) is 5.40. The van der Waals surface area contributed by atoms with E-state index in [1.807, 2.05) is 0 Å². The summed E-state index contributed by atoms with van der Waals surface area (Å²) in [6.45, 7) is 0.355. The molecule has 4 aromatic rings. The Morgan fingerprint density at radius 2 is 1.46 bits per heavy atom. The van der Waals surface area contributed by atoms with Crippen LogP contribution in [-0.4, -0.2) is 42.7 Å². The van der Waals surface area contributed by atoms with Gasteiger partial charge in [-0.05, 0) is 29.0 Å². The van der Waals surface area contributed by atoms with Gasteiger partial charge in [-0.2, -0.15) is 8.42 Å². The third-order valence-electron chi connectivity index (χ3n) is 4.95. The molecule has 13 nitrogen and oxygen atoms in total. The maximum absolute atomic E-state index is 12.3. The van der Waals surface area contributed by atoms with Crippen molar-refractivity contribution in [1.29, 1.82) is 0 Å². The number of benzene rings is 4. The van der Waals surface area contributed by atoms with Gasteiger partial charge in [-0.25, -0.2) is 15.3 Å². The van der Waals surface area contributed by atoms with Crippen LogP contribution in [0.5, 0.6) is 5.75 Å². The molecular formula is C19H16N2O11S3. The van der Waals surface area contributed by atoms with E-state index in [0.29, 0.717) is 55.9 Å². The van der Waals surface area contributed by atoms with Crippen molar-refractivity contribution in [3.05, 3.63) is 36.4 Å². The van der Waals surface area contributed by atoms with Crippen LogP contribution in [-0.2, 0) is 28.9 Å². The summed E-state index contributed by atoms with van der Waals surface area (Å²) < 4.78 is 48.8. The van der Waals surface area contributed by atoms with Gasteiger partial charge in [0.15, 0.2) is 0 Å². The highest BCUT2D eigenvalue weighted by Gasteiger charge is 2.24. The van der Waals surface area contributed by atoms with E-state index in [-0.39, 0.29) is 29.1 Å². The van der Waals surface area contributed by atoms with Crippen molar-refractivity contribution in [3.8, 4) is 5.75 Å². The topological polar surface area (TPSA) is 196 Å². The van der Waals surface area contributed by atoms with Crippen molar-refractivity contribution in [2.45, 2.75) is 14.7 Å². The van der Waals surface area contributed by atoms with Crippen LogP contribution in [0.1, 0.15) is 0 Å². The van der Waals surface area contributed by atoms with E-state index < -0.39 is 21.1 Å². The third-order valence-corrected chi connectivity index (χ3v) is 7.14. The maximum Gasteiger partial charge on any atom is 0.412 e. The predicted molar refractivity (Wildman–Crippen MR) is 124 cm³/mol. The van der Waals surface area contributed by atoms with Gasteiger partial charge in [0.25, 0.3) is 10.1 Å². The molecule has 0 saturated carbocycles. The van der Waals surface area contributed by atoms with Crippen LogP contribution in [0.4, 0.5) is 4.79 Å².